The van der Waals surface area contributed by atoms with Gasteiger partial charge in [0.25, 0.3) is 0 Å². The molecule has 0 amide bonds. The molecule has 0 aliphatic heterocycles. The lowest BCUT2D eigenvalue weighted by Gasteiger charge is -2.18. The predicted molar refractivity (Wildman–Crippen MR) is 180 cm³/mol. The maximum absolute atomic E-state index is 5.14. The number of rotatable bonds is 5. The molecule has 206 valence electrons. The van der Waals surface area contributed by atoms with Gasteiger partial charge in [0.05, 0.1) is 11.4 Å². The van der Waals surface area contributed by atoms with E-state index in [-0.39, 0.29) is 0 Å². The van der Waals surface area contributed by atoms with Crippen molar-refractivity contribution in [1.29, 1.82) is 0 Å². The molecule has 0 spiro atoms. The van der Waals surface area contributed by atoms with Crippen molar-refractivity contribution >= 4 is 21.5 Å². The first-order valence-electron chi connectivity index (χ1n) is 14.6. The highest BCUT2D eigenvalue weighted by atomic mass is 14.9. The van der Waals surface area contributed by atoms with Crippen molar-refractivity contribution in [2.24, 2.45) is 0 Å². The van der Waals surface area contributed by atoms with E-state index in [4.69, 9.17) is 9.97 Å². The Morgan fingerprint density at radius 1 is 0.318 bits per heavy atom. The SMILES string of the molecule is c1ccc(-c2ccc3c(-c4ccnc(-c5ccccc5)n4)c4ccccc4c(-c4ccnc(-c5ccccc5)n4)c3c2)cc1. The van der Waals surface area contributed by atoms with Crippen molar-refractivity contribution in [1.82, 2.24) is 19.9 Å². The third-order valence-corrected chi connectivity index (χ3v) is 8.02. The van der Waals surface area contributed by atoms with E-state index in [1.165, 1.54) is 0 Å². The Bertz CT molecular complexity index is 2260. The zero-order valence-electron chi connectivity index (χ0n) is 23.8. The summed E-state index contributed by atoms with van der Waals surface area (Å²) in [5, 5.41) is 4.44. The quantitative estimate of drug-likeness (QED) is 0.196. The number of hydrogen-bond donors (Lipinski definition) is 0. The van der Waals surface area contributed by atoms with Crippen molar-refractivity contribution in [3.8, 4) is 56.4 Å². The van der Waals surface area contributed by atoms with E-state index in [1.807, 2.05) is 91.3 Å². The molecule has 0 fully saturated rings. The molecule has 0 bridgehead atoms. The average molecular weight is 563 g/mol. The lowest BCUT2D eigenvalue weighted by Crippen LogP contribution is -1.97. The normalized spacial score (nSPS) is 11.2. The fraction of sp³-hybridized carbons (Fsp3) is 0. The molecule has 0 aliphatic rings. The molecule has 4 heteroatoms. The predicted octanol–water partition coefficient (Wildman–Crippen LogP) is 9.91. The second kappa shape index (κ2) is 11.0. The summed E-state index contributed by atoms with van der Waals surface area (Å²) < 4.78 is 0. The molecule has 8 rings (SSSR count). The molecule has 0 radical (unpaired) electrons. The van der Waals surface area contributed by atoms with Gasteiger partial charge in [-0.25, -0.2) is 19.9 Å². The second-order valence-corrected chi connectivity index (χ2v) is 10.7. The highest BCUT2D eigenvalue weighted by Gasteiger charge is 2.20. The lowest BCUT2D eigenvalue weighted by atomic mass is 9.87. The Hall–Kier alpha value is -6.00. The first kappa shape index (κ1) is 25.7. The first-order valence-corrected chi connectivity index (χ1v) is 14.6. The van der Waals surface area contributed by atoms with Gasteiger partial charge in [0.2, 0.25) is 0 Å². The molecule has 0 aliphatic carbocycles. The Balaban J connectivity index is 1.45. The fourth-order valence-corrected chi connectivity index (χ4v) is 5.99. The molecule has 4 nitrogen and oxygen atoms in total. The number of benzene rings is 6. The van der Waals surface area contributed by atoms with Gasteiger partial charge >= 0.3 is 0 Å². The smallest absolute Gasteiger partial charge is 0.159 e. The van der Waals surface area contributed by atoms with E-state index in [1.54, 1.807) is 0 Å². The van der Waals surface area contributed by atoms with Gasteiger partial charge in [-0.3, -0.25) is 0 Å². The monoisotopic (exact) mass is 562 g/mol. The highest BCUT2D eigenvalue weighted by Crippen LogP contribution is 2.44. The summed E-state index contributed by atoms with van der Waals surface area (Å²) >= 11 is 0. The Morgan fingerprint density at radius 3 is 1.27 bits per heavy atom. The van der Waals surface area contributed by atoms with Gasteiger partial charge < -0.3 is 0 Å². The van der Waals surface area contributed by atoms with Crippen LogP contribution in [0.15, 0.2) is 158 Å². The zero-order valence-corrected chi connectivity index (χ0v) is 23.8. The summed E-state index contributed by atoms with van der Waals surface area (Å²) in [7, 11) is 0. The Morgan fingerprint density at radius 2 is 0.750 bits per heavy atom. The molecular formula is C40H26N4. The molecular weight excluding hydrogens is 536 g/mol. The second-order valence-electron chi connectivity index (χ2n) is 10.7. The van der Waals surface area contributed by atoms with Crippen LogP contribution in [-0.2, 0) is 0 Å². The summed E-state index contributed by atoms with van der Waals surface area (Å²) in [5.41, 5.74) is 8.20. The van der Waals surface area contributed by atoms with Gasteiger partial charge in [0.1, 0.15) is 0 Å². The summed E-state index contributed by atoms with van der Waals surface area (Å²) in [4.78, 5) is 19.5. The molecule has 0 atom stereocenters. The maximum Gasteiger partial charge on any atom is 0.159 e. The standard InChI is InChI=1S/C40H26N4/c1-4-12-27(13-5-1)30-20-21-33-34(26-30)38(36-23-25-42-40(44-36)29-16-8-3-9-17-29)32-19-11-10-18-31(32)37(33)35-22-24-41-39(43-35)28-14-6-2-7-15-28/h1-26H. The number of hydrogen-bond acceptors (Lipinski definition) is 4. The van der Waals surface area contributed by atoms with E-state index >= 15 is 0 Å². The van der Waals surface area contributed by atoms with E-state index in [2.05, 4.69) is 76.7 Å². The molecule has 0 unspecified atom stereocenters. The minimum absolute atomic E-state index is 0.701. The Labute approximate surface area is 255 Å². The van der Waals surface area contributed by atoms with Crippen LogP contribution in [0.3, 0.4) is 0 Å². The third-order valence-electron chi connectivity index (χ3n) is 8.02. The van der Waals surface area contributed by atoms with Crippen LogP contribution in [-0.4, -0.2) is 19.9 Å². The molecule has 44 heavy (non-hydrogen) atoms. The topological polar surface area (TPSA) is 51.6 Å². The van der Waals surface area contributed by atoms with Crippen LogP contribution in [0, 0.1) is 0 Å². The van der Waals surface area contributed by atoms with E-state index in [9.17, 15) is 0 Å². The third kappa shape index (κ3) is 4.59. The molecule has 6 aromatic carbocycles. The summed E-state index contributed by atoms with van der Waals surface area (Å²) in [6, 6.07) is 50.1. The minimum Gasteiger partial charge on any atom is -0.237 e. The van der Waals surface area contributed by atoms with Crippen LogP contribution >= 0.6 is 0 Å². The fourth-order valence-electron chi connectivity index (χ4n) is 5.99. The van der Waals surface area contributed by atoms with Gasteiger partial charge in [0.15, 0.2) is 11.6 Å². The van der Waals surface area contributed by atoms with Crippen LogP contribution in [0.25, 0.3) is 78.0 Å². The van der Waals surface area contributed by atoms with Gasteiger partial charge in [-0.2, -0.15) is 0 Å². The lowest BCUT2D eigenvalue weighted by molar-refractivity contribution is 1.18. The van der Waals surface area contributed by atoms with E-state index in [0.717, 1.165) is 66.3 Å². The Kier molecular flexibility index (Phi) is 6.43. The van der Waals surface area contributed by atoms with Gasteiger partial charge in [-0.1, -0.05) is 127 Å². The largest absolute Gasteiger partial charge is 0.237 e. The van der Waals surface area contributed by atoms with Crippen LogP contribution in [0.4, 0.5) is 0 Å². The molecule has 8 aromatic rings. The molecule has 2 aromatic heterocycles. The van der Waals surface area contributed by atoms with Crippen molar-refractivity contribution in [3.63, 3.8) is 0 Å². The molecule has 0 saturated carbocycles. The average Bonchev–Trinajstić information content (AvgIpc) is 3.11. The van der Waals surface area contributed by atoms with E-state index < -0.39 is 0 Å². The first-order chi connectivity index (χ1) is 21.8. The van der Waals surface area contributed by atoms with Crippen LogP contribution < -0.4 is 0 Å². The van der Waals surface area contributed by atoms with E-state index in [0.29, 0.717) is 11.6 Å². The number of nitrogens with zero attached hydrogens (tertiary/aromatic N) is 4. The number of fused-ring (bicyclic) bond motifs is 2. The molecule has 0 saturated heterocycles. The molecule has 0 N–H and O–H groups in total. The minimum atomic E-state index is 0.701. The van der Waals surface area contributed by atoms with Crippen molar-refractivity contribution in [3.05, 3.63) is 158 Å². The maximum atomic E-state index is 5.14. The molecule has 2 heterocycles. The zero-order chi connectivity index (χ0) is 29.3. The van der Waals surface area contributed by atoms with Crippen LogP contribution in [0.1, 0.15) is 0 Å². The van der Waals surface area contributed by atoms with Gasteiger partial charge in [-0.15, -0.1) is 0 Å². The van der Waals surface area contributed by atoms with Gasteiger partial charge in [-0.05, 0) is 50.9 Å². The summed E-state index contributed by atoms with van der Waals surface area (Å²) in [5.74, 6) is 1.40. The highest BCUT2D eigenvalue weighted by molar-refractivity contribution is 6.21. The van der Waals surface area contributed by atoms with Crippen molar-refractivity contribution < 1.29 is 0 Å². The van der Waals surface area contributed by atoms with Crippen molar-refractivity contribution in [2.45, 2.75) is 0 Å². The van der Waals surface area contributed by atoms with Crippen molar-refractivity contribution in [2.75, 3.05) is 0 Å². The summed E-state index contributed by atoms with van der Waals surface area (Å²) in [6.07, 6.45) is 3.71. The van der Waals surface area contributed by atoms with Crippen LogP contribution in [0.2, 0.25) is 0 Å². The number of aromatic nitrogens is 4. The van der Waals surface area contributed by atoms with Crippen LogP contribution in [0.5, 0.6) is 0 Å². The summed E-state index contributed by atoms with van der Waals surface area (Å²) in [6.45, 7) is 0. The van der Waals surface area contributed by atoms with Gasteiger partial charge in [0, 0.05) is 34.6 Å².